The Morgan fingerprint density at radius 1 is 0.905 bits per heavy atom. The van der Waals surface area contributed by atoms with Gasteiger partial charge in [0.05, 0.1) is 6.26 Å². The van der Waals surface area contributed by atoms with Gasteiger partial charge in [0.1, 0.15) is 5.76 Å². The Labute approximate surface area is 128 Å². The molecule has 0 amide bonds. The second kappa shape index (κ2) is 7.49. The number of hydrogen-bond acceptors (Lipinski definition) is 1. The van der Waals surface area contributed by atoms with Crippen LogP contribution in [0.1, 0.15) is 56.9 Å². The molecule has 1 heteroatoms. The molecule has 2 aromatic rings. The Kier molecular flexibility index (Phi) is 5.15. The fraction of sp³-hybridized carbons (Fsp3) is 0.500. The van der Waals surface area contributed by atoms with Crippen LogP contribution in [-0.4, -0.2) is 0 Å². The van der Waals surface area contributed by atoms with Crippen LogP contribution in [0.25, 0.3) is 11.3 Å². The molecule has 1 saturated carbocycles. The molecule has 0 N–H and O–H groups in total. The second-order valence-electron chi connectivity index (χ2n) is 6.38. The summed E-state index contributed by atoms with van der Waals surface area (Å²) >= 11 is 0. The van der Waals surface area contributed by atoms with Crippen molar-refractivity contribution in [2.24, 2.45) is 5.92 Å². The molecule has 112 valence electrons. The van der Waals surface area contributed by atoms with Gasteiger partial charge in [-0.2, -0.15) is 0 Å². The average Bonchev–Trinajstić information content (AvgIpc) is 3.07. The highest BCUT2D eigenvalue weighted by Crippen LogP contribution is 2.29. The number of benzene rings is 1. The van der Waals surface area contributed by atoms with Gasteiger partial charge in [-0.3, -0.25) is 0 Å². The van der Waals surface area contributed by atoms with Crippen LogP contribution in [0.2, 0.25) is 0 Å². The van der Waals surface area contributed by atoms with Gasteiger partial charge in [0, 0.05) is 5.56 Å². The van der Waals surface area contributed by atoms with Crippen molar-refractivity contribution < 1.29 is 4.42 Å². The Hall–Kier alpha value is -1.50. The molecule has 3 rings (SSSR count). The maximum atomic E-state index is 5.56. The van der Waals surface area contributed by atoms with Crippen LogP contribution < -0.4 is 0 Å². The van der Waals surface area contributed by atoms with E-state index in [1.165, 1.54) is 68.9 Å². The van der Waals surface area contributed by atoms with Gasteiger partial charge in [0.2, 0.25) is 0 Å². The zero-order chi connectivity index (χ0) is 14.3. The summed E-state index contributed by atoms with van der Waals surface area (Å²) in [7, 11) is 0. The molecule has 1 aliphatic rings. The van der Waals surface area contributed by atoms with Gasteiger partial charge in [-0.1, -0.05) is 69.2 Å². The van der Waals surface area contributed by atoms with Crippen LogP contribution in [0.3, 0.4) is 0 Å². The third-order valence-electron chi connectivity index (χ3n) is 4.84. The summed E-state index contributed by atoms with van der Waals surface area (Å²) in [5.41, 5.74) is 2.69. The summed E-state index contributed by atoms with van der Waals surface area (Å²) in [6.07, 6.45) is 14.4. The van der Waals surface area contributed by atoms with Crippen molar-refractivity contribution in [1.82, 2.24) is 0 Å². The molecular formula is C20H26O. The molecular weight excluding hydrogens is 256 g/mol. The first-order valence-corrected chi connectivity index (χ1v) is 8.55. The number of aryl methyl sites for hydroxylation is 1. The van der Waals surface area contributed by atoms with Crippen LogP contribution in [0.4, 0.5) is 0 Å². The first-order valence-electron chi connectivity index (χ1n) is 8.55. The van der Waals surface area contributed by atoms with Crippen LogP contribution in [0.5, 0.6) is 0 Å². The van der Waals surface area contributed by atoms with E-state index in [2.05, 4.69) is 30.3 Å². The third kappa shape index (κ3) is 4.00. The van der Waals surface area contributed by atoms with Gasteiger partial charge >= 0.3 is 0 Å². The van der Waals surface area contributed by atoms with Crippen molar-refractivity contribution in [2.75, 3.05) is 0 Å². The molecule has 0 radical (unpaired) electrons. The van der Waals surface area contributed by atoms with Gasteiger partial charge in [0.25, 0.3) is 0 Å². The third-order valence-corrected chi connectivity index (χ3v) is 4.84. The Bertz CT molecular complexity index is 521. The molecule has 0 spiro atoms. The van der Waals surface area contributed by atoms with Crippen molar-refractivity contribution >= 4 is 0 Å². The van der Waals surface area contributed by atoms with E-state index in [4.69, 9.17) is 4.42 Å². The lowest BCUT2D eigenvalue weighted by Gasteiger charge is -2.21. The molecule has 1 aromatic heterocycles. The van der Waals surface area contributed by atoms with Crippen molar-refractivity contribution in [3.05, 3.63) is 48.2 Å². The minimum Gasteiger partial charge on any atom is -0.464 e. The normalized spacial score (nSPS) is 16.2. The number of unbranched alkanes of at least 4 members (excludes halogenated alkanes) is 1. The fourth-order valence-corrected chi connectivity index (χ4v) is 3.63. The van der Waals surface area contributed by atoms with Crippen molar-refractivity contribution in [1.29, 1.82) is 0 Å². The van der Waals surface area contributed by atoms with Gasteiger partial charge in [-0.25, -0.2) is 0 Å². The van der Waals surface area contributed by atoms with Crippen LogP contribution in [-0.2, 0) is 6.42 Å². The van der Waals surface area contributed by atoms with E-state index < -0.39 is 0 Å². The molecule has 1 aromatic carbocycles. The predicted molar refractivity (Wildman–Crippen MR) is 88.3 cm³/mol. The second-order valence-corrected chi connectivity index (χ2v) is 6.38. The van der Waals surface area contributed by atoms with Crippen molar-refractivity contribution in [2.45, 2.75) is 57.8 Å². The lowest BCUT2D eigenvalue weighted by atomic mass is 9.85. The zero-order valence-corrected chi connectivity index (χ0v) is 12.9. The molecule has 0 unspecified atom stereocenters. The van der Waals surface area contributed by atoms with Gasteiger partial charge < -0.3 is 4.42 Å². The minimum absolute atomic E-state index is 0.998. The van der Waals surface area contributed by atoms with E-state index in [1.807, 2.05) is 6.07 Å². The molecule has 1 nitrogen and oxygen atoms in total. The highest BCUT2D eigenvalue weighted by atomic mass is 16.3. The number of hydrogen-bond donors (Lipinski definition) is 0. The summed E-state index contributed by atoms with van der Waals surface area (Å²) in [6.45, 7) is 0. The molecule has 0 atom stereocenters. The molecule has 1 fully saturated rings. The van der Waals surface area contributed by atoms with E-state index in [9.17, 15) is 0 Å². The monoisotopic (exact) mass is 282 g/mol. The van der Waals surface area contributed by atoms with E-state index in [0.29, 0.717) is 0 Å². The molecule has 21 heavy (non-hydrogen) atoms. The summed E-state index contributed by atoms with van der Waals surface area (Å²) in [5, 5.41) is 0. The topological polar surface area (TPSA) is 13.1 Å². The Morgan fingerprint density at radius 3 is 2.57 bits per heavy atom. The SMILES string of the molecule is c1coc(-c2ccccc2CCCCC2CCCCC2)c1. The largest absolute Gasteiger partial charge is 0.464 e. The molecule has 0 aliphatic heterocycles. The van der Waals surface area contributed by atoms with E-state index >= 15 is 0 Å². The first-order chi connectivity index (χ1) is 10.4. The maximum absolute atomic E-state index is 5.56. The number of rotatable bonds is 6. The van der Waals surface area contributed by atoms with E-state index in [0.717, 1.165) is 11.7 Å². The Balaban J connectivity index is 1.51. The fourth-order valence-electron chi connectivity index (χ4n) is 3.63. The molecule has 1 aliphatic carbocycles. The van der Waals surface area contributed by atoms with Gasteiger partial charge in [0.15, 0.2) is 0 Å². The molecule has 0 bridgehead atoms. The lowest BCUT2D eigenvalue weighted by molar-refractivity contribution is 0.330. The molecule has 0 saturated heterocycles. The average molecular weight is 282 g/mol. The molecule has 1 heterocycles. The Morgan fingerprint density at radius 2 is 1.76 bits per heavy atom. The van der Waals surface area contributed by atoms with E-state index in [1.54, 1.807) is 6.26 Å². The predicted octanol–water partition coefficient (Wildman–Crippen LogP) is 6.24. The summed E-state index contributed by atoms with van der Waals surface area (Å²) in [4.78, 5) is 0. The standard InChI is InChI=1S/C20H26O/c1-2-9-17(10-3-1)11-4-5-12-18-13-6-7-14-19(18)20-15-8-16-21-20/h6-8,13-17H,1-5,9-12H2. The maximum Gasteiger partial charge on any atom is 0.134 e. The first kappa shape index (κ1) is 14.4. The highest BCUT2D eigenvalue weighted by molar-refractivity contribution is 5.61. The summed E-state index contributed by atoms with van der Waals surface area (Å²) in [6, 6.07) is 12.7. The smallest absolute Gasteiger partial charge is 0.134 e. The van der Waals surface area contributed by atoms with Gasteiger partial charge in [-0.05, 0) is 36.5 Å². The quantitative estimate of drug-likeness (QED) is 0.571. The van der Waals surface area contributed by atoms with Crippen LogP contribution >= 0.6 is 0 Å². The van der Waals surface area contributed by atoms with Crippen molar-refractivity contribution in [3.8, 4) is 11.3 Å². The van der Waals surface area contributed by atoms with Crippen LogP contribution in [0.15, 0.2) is 47.1 Å². The summed E-state index contributed by atoms with van der Waals surface area (Å²) < 4.78 is 5.56. The number of furan rings is 1. The van der Waals surface area contributed by atoms with Crippen LogP contribution in [0, 0.1) is 5.92 Å². The van der Waals surface area contributed by atoms with E-state index in [-0.39, 0.29) is 0 Å². The summed E-state index contributed by atoms with van der Waals surface area (Å²) in [5.74, 6) is 2.01. The van der Waals surface area contributed by atoms with Crippen molar-refractivity contribution in [3.63, 3.8) is 0 Å². The highest BCUT2D eigenvalue weighted by Gasteiger charge is 2.13. The van der Waals surface area contributed by atoms with Gasteiger partial charge in [-0.15, -0.1) is 0 Å². The zero-order valence-electron chi connectivity index (χ0n) is 12.9. The lowest BCUT2D eigenvalue weighted by Crippen LogP contribution is -2.06. The minimum atomic E-state index is 0.998.